The summed E-state index contributed by atoms with van der Waals surface area (Å²) in [5.74, 6) is 0. The number of anilines is 1. The van der Waals surface area contributed by atoms with Gasteiger partial charge in [-0.05, 0) is 6.92 Å². The van der Waals surface area contributed by atoms with Crippen LogP contribution in [0.15, 0.2) is 16.6 Å². The number of aromatic nitrogens is 3. The highest BCUT2D eigenvalue weighted by Gasteiger charge is 2.21. The monoisotopic (exact) mass is 292 g/mol. The van der Waals surface area contributed by atoms with Crippen molar-refractivity contribution in [1.82, 2.24) is 14.8 Å². The normalized spacial score (nSPS) is 11.7. The molecule has 0 saturated heterocycles. The molecular formula is C8H9ClN4O2S2. The third-order valence-corrected chi connectivity index (χ3v) is 5.18. The molecule has 17 heavy (non-hydrogen) atoms. The van der Waals surface area contributed by atoms with Crippen LogP contribution in [0.3, 0.4) is 0 Å². The number of sulfonamides is 1. The van der Waals surface area contributed by atoms with E-state index >= 15 is 0 Å². The molecule has 2 heterocycles. The fourth-order valence-electron chi connectivity index (χ4n) is 1.28. The molecule has 1 N–H and O–H groups in total. The Kier molecular flexibility index (Phi) is 3.11. The van der Waals surface area contributed by atoms with E-state index in [9.17, 15) is 8.42 Å². The highest BCUT2D eigenvalue weighted by atomic mass is 35.5. The lowest BCUT2D eigenvalue weighted by Gasteiger charge is -2.03. The van der Waals surface area contributed by atoms with E-state index in [0.29, 0.717) is 11.4 Å². The molecule has 2 aromatic heterocycles. The molecule has 0 atom stereocenters. The van der Waals surface area contributed by atoms with E-state index in [1.54, 1.807) is 20.2 Å². The Morgan fingerprint density at radius 1 is 1.53 bits per heavy atom. The zero-order valence-corrected chi connectivity index (χ0v) is 11.4. The molecule has 0 saturated carbocycles. The molecule has 0 aliphatic rings. The van der Waals surface area contributed by atoms with E-state index in [0.717, 1.165) is 11.3 Å². The van der Waals surface area contributed by atoms with Crippen molar-refractivity contribution < 1.29 is 8.42 Å². The van der Waals surface area contributed by atoms with Crippen molar-refractivity contribution in [2.75, 3.05) is 4.72 Å². The van der Waals surface area contributed by atoms with Crippen molar-refractivity contribution >= 4 is 38.6 Å². The highest BCUT2D eigenvalue weighted by molar-refractivity contribution is 7.94. The molecule has 0 aliphatic heterocycles. The topological polar surface area (TPSA) is 76.9 Å². The molecule has 2 aromatic rings. The molecule has 92 valence electrons. The summed E-state index contributed by atoms with van der Waals surface area (Å²) in [6, 6.07) is 0. The van der Waals surface area contributed by atoms with Crippen LogP contribution in [0.25, 0.3) is 0 Å². The lowest BCUT2D eigenvalue weighted by molar-refractivity contribution is 0.602. The average molecular weight is 293 g/mol. The fourth-order valence-corrected chi connectivity index (χ4v) is 4.04. The van der Waals surface area contributed by atoms with Crippen LogP contribution in [0.5, 0.6) is 0 Å². The molecule has 0 fully saturated rings. The summed E-state index contributed by atoms with van der Waals surface area (Å²) in [4.78, 5) is 3.87. The lowest BCUT2D eigenvalue weighted by Crippen LogP contribution is -2.12. The van der Waals surface area contributed by atoms with Gasteiger partial charge in [-0.15, -0.1) is 0 Å². The number of nitrogens with zero attached hydrogens (tertiary/aromatic N) is 3. The number of thiazole rings is 1. The Balaban J connectivity index is 2.34. The summed E-state index contributed by atoms with van der Waals surface area (Å²) in [5.41, 5.74) is 0.785. The molecule has 0 aromatic carbocycles. The van der Waals surface area contributed by atoms with Gasteiger partial charge in [0.15, 0.2) is 8.68 Å². The number of halogens is 1. The molecule has 0 unspecified atom stereocenters. The summed E-state index contributed by atoms with van der Waals surface area (Å²) >= 11 is 6.60. The van der Waals surface area contributed by atoms with E-state index in [1.807, 2.05) is 0 Å². The van der Waals surface area contributed by atoms with Gasteiger partial charge in [-0.1, -0.05) is 22.9 Å². The summed E-state index contributed by atoms with van der Waals surface area (Å²) in [7, 11) is -1.94. The maximum Gasteiger partial charge on any atom is 0.273 e. The van der Waals surface area contributed by atoms with Crippen molar-refractivity contribution in [3.05, 3.63) is 22.6 Å². The molecule has 6 nitrogen and oxygen atoms in total. The van der Waals surface area contributed by atoms with Gasteiger partial charge in [0.2, 0.25) is 0 Å². The SMILES string of the molecule is Cc1nc(Cl)sc1S(=O)(=O)Nc1cnn(C)c1. The zero-order valence-electron chi connectivity index (χ0n) is 9.01. The molecule has 9 heteroatoms. The second-order valence-electron chi connectivity index (χ2n) is 3.35. The quantitative estimate of drug-likeness (QED) is 0.933. The maximum absolute atomic E-state index is 12.0. The van der Waals surface area contributed by atoms with Crippen LogP contribution in [0.2, 0.25) is 4.47 Å². The molecule has 2 rings (SSSR count). The van der Waals surface area contributed by atoms with Crippen LogP contribution in [0.1, 0.15) is 5.69 Å². The van der Waals surface area contributed by atoms with Gasteiger partial charge in [0, 0.05) is 13.2 Å². The molecule has 0 bridgehead atoms. The minimum absolute atomic E-state index is 0.117. The molecule has 0 spiro atoms. The van der Waals surface area contributed by atoms with E-state index in [4.69, 9.17) is 11.6 Å². The Morgan fingerprint density at radius 2 is 2.24 bits per heavy atom. The first-order valence-electron chi connectivity index (χ1n) is 4.53. The lowest BCUT2D eigenvalue weighted by atomic mass is 10.6. The Morgan fingerprint density at radius 3 is 2.71 bits per heavy atom. The highest BCUT2D eigenvalue weighted by Crippen LogP contribution is 2.28. The van der Waals surface area contributed by atoms with Crippen molar-refractivity contribution in [2.45, 2.75) is 11.1 Å². The van der Waals surface area contributed by atoms with Crippen LogP contribution in [0, 0.1) is 6.92 Å². The zero-order chi connectivity index (χ0) is 12.6. The predicted octanol–water partition coefficient (Wildman–Crippen LogP) is 1.64. The molecule has 0 aliphatic carbocycles. The van der Waals surface area contributed by atoms with Gasteiger partial charge in [-0.2, -0.15) is 5.10 Å². The maximum atomic E-state index is 12.0. The summed E-state index contributed by atoms with van der Waals surface area (Å²) in [6.45, 7) is 1.60. The van der Waals surface area contributed by atoms with E-state index in [-0.39, 0.29) is 8.68 Å². The van der Waals surface area contributed by atoms with Gasteiger partial charge < -0.3 is 0 Å². The second kappa shape index (κ2) is 4.28. The molecule has 0 radical (unpaired) electrons. The fraction of sp³-hybridized carbons (Fsp3) is 0.250. The summed E-state index contributed by atoms with van der Waals surface area (Å²) in [6.07, 6.45) is 2.99. The van der Waals surface area contributed by atoms with Gasteiger partial charge >= 0.3 is 0 Å². The van der Waals surface area contributed by atoms with Crippen LogP contribution in [0.4, 0.5) is 5.69 Å². The third kappa shape index (κ3) is 2.59. The Labute approximate surface area is 107 Å². The first-order valence-corrected chi connectivity index (χ1v) is 7.20. The minimum atomic E-state index is -3.64. The number of aryl methyl sites for hydroxylation is 2. The average Bonchev–Trinajstić information content (AvgIpc) is 2.72. The molecule has 0 amide bonds. The van der Waals surface area contributed by atoms with Crippen LogP contribution >= 0.6 is 22.9 Å². The van der Waals surface area contributed by atoms with Gasteiger partial charge in [-0.3, -0.25) is 9.40 Å². The smallest absolute Gasteiger partial charge is 0.273 e. The van der Waals surface area contributed by atoms with Crippen LogP contribution in [-0.4, -0.2) is 23.2 Å². The summed E-state index contributed by atoms with van der Waals surface area (Å²) in [5, 5.41) is 3.87. The molecular weight excluding hydrogens is 284 g/mol. The number of hydrogen-bond acceptors (Lipinski definition) is 5. The predicted molar refractivity (Wildman–Crippen MR) is 65.9 cm³/mol. The van der Waals surface area contributed by atoms with Gasteiger partial charge in [0.25, 0.3) is 10.0 Å². The van der Waals surface area contributed by atoms with Crippen molar-refractivity contribution in [3.63, 3.8) is 0 Å². The number of rotatable bonds is 3. The van der Waals surface area contributed by atoms with Crippen molar-refractivity contribution in [2.24, 2.45) is 7.05 Å². The van der Waals surface area contributed by atoms with Gasteiger partial charge in [0.05, 0.1) is 17.6 Å². The van der Waals surface area contributed by atoms with Gasteiger partial charge in [0.1, 0.15) is 0 Å². The van der Waals surface area contributed by atoms with Crippen LogP contribution < -0.4 is 4.72 Å². The number of nitrogens with one attached hydrogen (secondary N) is 1. The van der Waals surface area contributed by atoms with E-state index < -0.39 is 10.0 Å². The first kappa shape index (κ1) is 12.3. The largest absolute Gasteiger partial charge is 0.276 e. The summed E-state index contributed by atoms with van der Waals surface area (Å²) < 4.78 is 28.3. The third-order valence-electron chi connectivity index (χ3n) is 1.93. The Hall–Kier alpha value is -1.12. The van der Waals surface area contributed by atoms with Crippen LogP contribution in [-0.2, 0) is 17.1 Å². The van der Waals surface area contributed by atoms with E-state index in [2.05, 4.69) is 14.8 Å². The van der Waals surface area contributed by atoms with Gasteiger partial charge in [-0.25, -0.2) is 13.4 Å². The standard InChI is InChI=1S/C8H9ClN4O2S2/c1-5-7(16-8(9)11-5)17(14,15)12-6-3-10-13(2)4-6/h3-4,12H,1-2H3. The van der Waals surface area contributed by atoms with Crippen molar-refractivity contribution in [1.29, 1.82) is 0 Å². The number of hydrogen-bond donors (Lipinski definition) is 1. The Bertz CT molecular complexity index is 646. The van der Waals surface area contributed by atoms with E-state index in [1.165, 1.54) is 10.9 Å². The second-order valence-corrected chi connectivity index (χ2v) is 6.81. The van der Waals surface area contributed by atoms with Crippen molar-refractivity contribution in [3.8, 4) is 0 Å². The first-order chi connectivity index (χ1) is 7.88. The minimum Gasteiger partial charge on any atom is -0.276 e.